The van der Waals surface area contributed by atoms with Crippen molar-refractivity contribution in [3.8, 4) is 11.3 Å². The lowest BCUT2D eigenvalue weighted by Crippen LogP contribution is -2.50. The zero-order valence-electron chi connectivity index (χ0n) is 20.7. The predicted molar refractivity (Wildman–Crippen MR) is 149 cm³/mol. The van der Waals surface area contributed by atoms with Crippen molar-refractivity contribution in [1.82, 2.24) is 19.3 Å². The number of carbonyl (C=O) groups is 1. The summed E-state index contributed by atoms with van der Waals surface area (Å²) in [5, 5.41) is 4.05. The van der Waals surface area contributed by atoms with Crippen LogP contribution >= 0.6 is 11.6 Å². The third-order valence-corrected chi connectivity index (χ3v) is 7.56. The largest absolute Gasteiger partial charge is 0.372 e. The second-order valence-electron chi connectivity index (χ2n) is 9.53. The molecule has 2 aliphatic rings. The zero-order valence-corrected chi connectivity index (χ0v) is 21.4. The van der Waals surface area contributed by atoms with Gasteiger partial charge < -0.3 is 20.0 Å². The number of piperazine rings is 1. The molecule has 37 heavy (non-hydrogen) atoms. The Morgan fingerprint density at radius 1 is 0.919 bits per heavy atom. The molecule has 0 unspecified atom stereocenters. The third kappa shape index (κ3) is 4.81. The van der Waals surface area contributed by atoms with Gasteiger partial charge >= 0.3 is 0 Å². The first-order valence-corrected chi connectivity index (χ1v) is 13.2. The number of fused-ring (bicyclic) bond motifs is 1. The molecule has 0 aliphatic carbocycles. The molecule has 3 aromatic heterocycles. The number of carbonyl (C=O) groups excluding carboxylic acids is 1. The number of pyridine rings is 2. The van der Waals surface area contributed by atoms with E-state index in [1.165, 1.54) is 18.5 Å². The number of imidazole rings is 1. The summed E-state index contributed by atoms with van der Waals surface area (Å²) in [6, 6.07) is 16.5. The molecule has 0 spiro atoms. The number of benzene rings is 1. The minimum absolute atomic E-state index is 0.0710. The van der Waals surface area contributed by atoms with Crippen molar-refractivity contribution in [2.24, 2.45) is 0 Å². The van der Waals surface area contributed by atoms with Gasteiger partial charge in [-0.25, -0.2) is 4.98 Å². The summed E-state index contributed by atoms with van der Waals surface area (Å²) in [5.74, 6) is 0.904. The maximum atomic E-state index is 13.2. The molecule has 0 saturated carbocycles. The van der Waals surface area contributed by atoms with Crippen molar-refractivity contribution in [2.45, 2.75) is 12.8 Å². The van der Waals surface area contributed by atoms with Crippen molar-refractivity contribution in [3.05, 3.63) is 72.1 Å². The molecule has 2 saturated heterocycles. The third-order valence-electron chi connectivity index (χ3n) is 7.27. The second kappa shape index (κ2) is 10.3. The van der Waals surface area contributed by atoms with Crippen molar-refractivity contribution < 1.29 is 4.79 Å². The normalized spacial score (nSPS) is 16.0. The molecular formula is C28H30ClN7O. The van der Waals surface area contributed by atoms with Crippen LogP contribution in [-0.4, -0.2) is 71.0 Å². The summed E-state index contributed by atoms with van der Waals surface area (Å²) < 4.78 is 2.01. The van der Waals surface area contributed by atoms with Crippen LogP contribution in [0.4, 0.5) is 17.2 Å². The standard InChI is InChI=1S/C28H30ClN7O/c29-23-19-30-11-10-24(23)34-15-17-35(18-16-34)26(37)20-31-28-27(32-25-5-1-2-14-36(25)28)21-6-8-22(9-7-21)33-12-3-4-13-33/h1-2,5-11,14,19,31H,3-4,12-13,15-18,20H2. The van der Waals surface area contributed by atoms with Crippen molar-refractivity contribution in [3.63, 3.8) is 0 Å². The average molecular weight is 516 g/mol. The van der Waals surface area contributed by atoms with Crippen LogP contribution in [0.25, 0.3) is 16.9 Å². The Labute approximate surface area is 221 Å². The van der Waals surface area contributed by atoms with Crippen LogP contribution in [0.1, 0.15) is 12.8 Å². The van der Waals surface area contributed by atoms with E-state index < -0.39 is 0 Å². The first-order valence-electron chi connectivity index (χ1n) is 12.9. The number of nitrogens with one attached hydrogen (secondary N) is 1. The Bertz CT molecular complexity index is 1390. The maximum absolute atomic E-state index is 13.2. The van der Waals surface area contributed by atoms with E-state index in [4.69, 9.17) is 16.6 Å². The summed E-state index contributed by atoms with van der Waals surface area (Å²) in [6.07, 6.45) is 7.89. The average Bonchev–Trinajstić information content (AvgIpc) is 3.61. The highest BCUT2D eigenvalue weighted by atomic mass is 35.5. The van der Waals surface area contributed by atoms with Crippen molar-refractivity contribution in [1.29, 1.82) is 0 Å². The Morgan fingerprint density at radius 3 is 2.46 bits per heavy atom. The van der Waals surface area contributed by atoms with E-state index in [-0.39, 0.29) is 12.5 Å². The van der Waals surface area contributed by atoms with E-state index in [0.29, 0.717) is 18.1 Å². The minimum atomic E-state index is 0.0710. The fraction of sp³-hybridized carbons (Fsp3) is 0.321. The molecule has 190 valence electrons. The molecule has 2 fully saturated rings. The Morgan fingerprint density at radius 2 is 1.70 bits per heavy atom. The molecule has 2 aliphatic heterocycles. The highest BCUT2D eigenvalue weighted by molar-refractivity contribution is 6.33. The molecule has 0 atom stereocenters. The van der Waals surface area contributed by atoms with Gasteiger partial charge in [-0.05, 0) is 43.2 Å². The summed E-state index contributed by atoms with van der Waals surface area (Å²) in [4.78, 5) is 28.6. The molecule has 1 N–H and O–H groups in total. The highest BCUT2D eigenvalue weighted by Gasteiger charge is 2.23. The molecule has 6 rings (SSSR count). The van der Waals surface area contributed by atoms with E-state index in [9.17, 15) is 4.79 Å². The van der Waals surface area contributed by atoms with E-state index in [2.05, 4.69) is 44.4 Å². The molecule has 0 bridgehead atoms. The molecular weight excluding hydrogens is 486 g/mol. The van der Waals surface area contributed by atoms with Crippen LogP contribution in [0.5, 0.6) is 0 Å². The molecule has 1 amide bonds. The van der Waals surface area contributed by atoms with Gasteiger partial charge in [0, 0.05) is 69.1 Å². The van der Waals surface area contributed by atoms with Gasteiger partial charge in [0.2, 0.25) is 5.91 Å². The van der Waals surface area contributed by atoms with E-state index in [0.717, 1.165) is 54.6 Å². The predicted octanol–water partition coefficient (Wildman–Crippen LogP) is 4.41. The minimum Gasteiger partial charge on any atom is -0.372 e. The van der Waals surface area contributed by atoms with Crippen LogP contribution < -0.4 is 15.1 Å². The van der Waals surface area contributed by atoms with E-state index in [1.54, 1.807) is 12.4 Å². The molecule has 5 heterocycles. The fourth-order valence-electron chi connectivity index (χ4n) is 5.26. The van der Waals surface area contributed by atoms with Gasteiger partial charge in [0.25, 0.3) is 0 Å². The molecule has 1 aromatic carbocycles. The second-order valence-corrected chi connectivity index (χ2v) is 9.93. The molecule has 0 radical (unpaired) electrons. The summed E-state index contributed by atoms with van der Waals surface area (Å²) in [6.45, 7) is 5.21. The molecule has 8 nitrogen and oxygen atoms in total. The van der Waals surface area contributed by atoms with E-state index in [1.807, 2.05) is 39.8 Å². The SMILES string of the molecule is O=C(CNc1c(-c2ccc(N3CCCC3)cc2)nc2ccccn12)N1CCN(c2ccncc2Cl)CC1. The van der Waals surface area contributed by atoms with Gasteiger partial charge in [0.15, 0.2) is 0 Å². The number of nitrogens with zero attached hydrogens (tertiary/aromatic N) is 6. The fourth-order valence-corrected chi connectivity index (χ4v) is 5.50. The first-order chi connectivity index (χ1) is 18.2. The van der Waals surface area contributed by atoms with Gasteiger partial charge in [0.1, 0.15) is 17.2 Å². The van der Waals surface area contributed by atoms with Gasteiger partial charge in [-0.2, -0.15) is 0 Å². The maximum Gasteiger partial charge on any atom is 0.242 e. The summed E-state index contributed by atoms with van der Waals surface area (Å²) in [7, 11) is 0. The van der Waals surface area contributed by atoms with Gasteiger partial charge in [-0.3, -0.25) is 14.2 Å². The summed E-state index contributed by atoms with van der Waals surface area (Å²) in [5.41, 5.74) is 4.95. The first kappa shape index (κ1) is 23.6. The van der Waals surface area contributed by atoms with Crippen LogP contribution in [0.3, 0.4) is 0 Å². The van der Waals surface area contributed by atoms with Crippen molar-refractivity contribution in [2.75, 3.05) is 60.9 Å². The lowest BCUT2D eigenvalue weighted by atomic mass is 10.1. The number of aromatic nitrogens is 3. The lowest BCUT2D eigenvalue weighted by Gasteiger charge is -2.36. The Kier molecular flexibility index (Phi) is 6.57. The van der Waals surface area contributed by atoms with Gasteiger partial charge in [0.05, 0.1) is 17.3 Å². The number of amides is 1. The quantitative estimate of drug-likeness (QED) is 0.410. The topological polar surface area (TPSA) is 69.0 Å². The number of hydrogen-bond donors (Lipinski definition) is 1. The Balaban J connectivity index is 1.16. The number of hydrogen-bond acceptors (Lipinski definition) is 6. The Hall–Kier alpha value is -3.78. The highest BCUT2D eigenvalue weighted by Crippen LogP contribution is 2.31. The lowest BCUT2D eigenvalue weighted by molar-refractivity contribution is -0.129. The smallest absolute Gasteiger partial charge is 0.242 e. The zero-order chi connectivity index (χ0) is 25.2. The number of rotatable bonds is 6. The van der Waals surface area contributed by atoms with Crippen molar-refractivity contribution >= 4 is 40.3 Å². The monoisotopic (exact) mass is 515 g/mol. The van der Waals surface area contributed by atoms with Crippen LogP contribution in [0.15, 0.2) is 67.1 Å². The summed E-state index contributed by atoms with van der Waals surface area (Å²) >= 11 is 6.31. The molecule has 9 heteroatoms. The van der Waals surface area contributed by atoms with Crippen LogP contribution in [-0.2, 0) is 4.79 Å². The van der Waals surface area contributed by atoms with Crippen LogP contribution in [0, 0.1) is 0 Å². The van der Waals surface area contributed by atoms with E-state index >= 15 is 0 Å². The van der Waals surface area contributed by atoms with Crippen LogP contribution in [0.2, 0.25) is 5.02 Å². The molecule has 4 aromatic rings. The number of halogens is 1. The number of anilines is 3. The van der Waals surface area contributed by atoms with Gasteiger partial charge in [-0.15, -0.1) is 0 Å². The van der Waals surface area contributed by atoms with Gasteiger partial charge in [-0.1, -0.05) is 29.8 Å².